The van der Waals surface area contributed by atoms with Gasteiger partial charge < -0.3 is 14.5 Å². The predicted molar refractivity (Wildman–Crippen MR) is 117 cm³/mol. The molecule has 2 fully saturated rings. The summed E-state index contributed by atoms with van der Waals surface area (Å²) in [5.41, 5.74) is 2.38. The van der Waals surface area contributed by atoms with Gasteiger partial charge in [-0.05, 0) is 68.2 Å². The molecule has 3 aliphatic rings. The number of ether oxygens (including phenoxy) is 1. The van der Waals surface area contributed by atoms with Crippen LogP contribution in [0.5, 0.6) is 5.75 Å². The zero-order chi connectivity index (χ0) is 20.7. The second kappa shape index (κ2) is 8.06. The SMILES string of the molecule is Cc1ccc(OCC2c3ccsc3CCN2C(=O)CN(C(=O)C2CC2)C2CC2)cc1. The molecule has 30 heavy (non-hydrogen) atoms. The zero-order valence-corrected chi connectivity index (χ0v) is 18.2. The second-order valence-electron chi connectivity index (χ2n) is 8.75. The third-order valence-corrected chi connectivity index (χ3v) is 7.34. The summed E-state index contributed by atoms with van der Waals surface area (Å²) >= 11 is 1.75. The van der Waals surface area contributed by atoms with E-state index in [4.69, 9.17) is 4.74 Å². The van der Waals surface area contributed by atoms with Crippen molar-refractivity contribution in [3.05, 3.63) is 51.7 Å². The summed E-state index contributed by atoms with van der Waals surface area (Å²) in [5.74, 6) is 1.21. The largest absolute Gasteiger partial charge is 0.491 e. The van der Waals surface area contributed by atoms with Gasteiger partial charge in [-0.2, -0.15) is 0 Å². The molecular formula is C24H28N2O3S. The molecule has 0 radical (unpaired) electrons. The van der Waals surface area contributed by atoms with Crippen molar-refractivity contribution in [2.24, 2.45) is 5.92 Å². The van der Waals surface area contributed by atoms with Crippen LogP contribution in [0.2, 0.25) is 0 Å². The lowest BCUT2D eigenvalue weighted by Gasteiger charge is -2.37. The molecule has 2 saturated carbocycles. The van der Waals surface area contributed by atoms with Crippen molar-refractivity contribution < 1.29 is 14.3 Å². The monoisotopic (exact) mass is 424 g/mol. The number of hydrogen-bond donors (Lipinski definition) is 0. The molecule has 1 aromatic heterocycles. The van der Waals surface area contributed by atoms with Crippen molar-refractivity contribution in [3.8, 4) is 5.75 Å². The van der Waals surface area contributed by atoms with Crippen LogP contribution in [0, 0.1) is 12.8 Å². The van der Waals surface area contributed by atoms with Crippen molar-refractivity contribution in [1.29, 1.82) is 0 Å². The Morgan fingerprint density at radius 2 is 1.90 bits per heavy atom. The summed E-state index contributed by atoms with van der Waals surface area (Å²) in [7, 11) is 0. The van der Waals surface area contributed by atoms with Crippen LogP contribution in [0.25, 0.3) is 0 Å². The molecule has 6 heteroatoms. The number of carbonyl (C=O) groups is 2. The molecule has 0 spiro atoms. The molecule has 1 aliphatic heterocycles. The van der Waals surface area contributed by atoms with Crippen LogP contribution in [0.4, 0.5) is 0 Å². The normalized spacial score (nSPS) is 20.6. The number of aryl methyl sites for hydroxylation is 1. The molecule has 158 valence electrons. The van der Waals surface area contributed by atoms with Gasteiger partial charge >= 0.3 is 0 Å². The van der Waals surface area contributed by atoms with Crippen LogP contribution in [0.1, 0.15) is 47.7 Å². The fourth-order valence-electron chi connectivity index (χ4n) is 4.26. The van der Waals surface area contributed by atoms with Gasteiger partial charge in [0.15, 0.2) is 0 Å². The Kier molecular flexibility index (Phi) is 5.27. The van der Waals surface area contributed by atoms with Crippen molar-refractivity contribution in [2.75, 3.05) is 19.7 Å². The molecule has 1 atom stereocenters. The summed E-state index contributed by atoms with van der Waals surface area (Å²) < 4.78 is 6.10. The molecular weight excluding hydrogens is 396 g/mol. The molecule has 2 aliphatic carbocycles. The second-order valence-corrected chi connectivity index (χ2v) is 9.75. The van der Waals surface area contributed by atoms with Gasteiger partial charge in [0.1, 0.15) is 18.9 Å². The zero-order valence-electron chi connectivity index (χ0n) is 17.4. The first-order valence-electron chi connectivity index (χ1n) is 11.0. The first-order chi connectivity index (χ1) is 14.6. The Labute approximate surface area is 181 Å². The highest BCUT2D eigenvalue weighted by molar-refractivity contribution is 7.10. The molecule has 2 heterocycles. The third kappa shape index (κ3) is 4.10. The van der Waals surface area contributed by atoms with Gasteiger partial charge in [-0.15, -0.1) is 11.3 Å². The van der Waals surface area contributed by atoms with E-state index in [2.05, 4.69) is 18.4 Å². The fraction of sp³-hybridized carbons (Fsp3) is 0.500. The number of benzene rings is 1. The minimum Gasteiger partial charge on any atom is -0.491 e. The lowest BCUT2D eigenvalue weighted by molar-refractivity contribution is -0.143. The van der Waals surface area contributed by atoms with E-state index in [-0.39, 0.29) is 36.4 Å². The quantitative estimate of drug-likeness (QED) is 0.676. The number of thiophene rings is 1. The van der Waals surface area contributed by atoms with E-state index in [1.54, 1.807) is 11.3 Å². The Balaban J connectivity index is 1.32. The third-order valence-electron chi connectivity index (χ3n) is 6.35. The Hall–Kier alpha value is -2.34. The van der Waals surface area contributed by atoms with Gasteiger partial charge in [-0.1, -0.05) is 17.7 Å². The van der Waals surface area contributed by atoms with Gasteiger partial charge in [0.2, 0.25) is 11.8 Å². The van der Waals surface area contributed by atoms with Gasteiger partial charge in [0.05, 0.1) is 6.04 Å². The molecule has 0 saturated heterocycles. The molecule has 5 rings (SSSR count). The molecule has 1 aromatic carbocycles. The summed E-state index contributed by atoms with van der Waals surface area (Å²) in [6, 6.07) is 10.3. The van der Waals surface area contributed by atoms with E-state index in [1.165, 1.54) is 16.0 Å². The van der Waals surface area contributed by atoms with E-state index in [9.17, 15) is 9.59 Å². The van der Waals surface area contributed by atoms with Gasteiger partial charge in [0, 0.05) is 23.4 Å². The van der Waals surface area contributed by atoms with Crippen LogP contribution < -0.4 is 4.74 Å². The highest BCUT2D eigenvalue weighted by atomic mass is 32.1. The summed E-state index contributed by atoms with van der Waals surface area (Å²) in [6.07, 6.45) is 4.89. The first-order valence-corrected chi connectivity index (χ1v) is 11.8. The van der Waals surface area contributed by atoms with E-state index in [0.29, 0.717) is 13.2 Å². The van der Waals surface area contributed by atoms with Gasteiger partial charge in [-0.25, -0.2) is 0 Å². The Morgan fingerprint density at radius 1 is 1.13 bits per heavy atom. The smallest absolute Gasteiger partial charge is 0.242 e. The Bertz CT molecular complexity index is 930. The van der Waals surface area contributed by atoms with Crippen LogP contribution in [-0.2, 0) is 16.0 Å². The van der Waals surface area contributed by atoms with E-state index in [1.807, 2.05) is 34.1 Å². The maximum Gasteiger partial charge on any atom is 0.242 e. The topological polar surface area (TPSA) is 49.9 Å². The van der Waals surface area contributed by atoms with E-state index >= 15 is 0 Å². The number of rotatable bonds is 7. The minimum absolute atomic E-state index is 0.0465. The van der Waals surface area contributed by atoms with Crippen LogP contribution in [0.15, 0.2) is 35.7 Å². The van der Waals surface area contributed by atoms with Crippen LogP contribution in [0.3, 0.4) is 0 Å². The fourth-order valence-corrected chi connectivity index (χ4v) is 5.19. The maximum atomic E-state index is 13.4. The Morgan fingerprint density at radius 3 is 2.60 bits per heavy atom. The first kappa shape index (κ1) is 19.6. The maximum absolute atomic E-state index is 13.4. The highest BCUT2D eigenvalue weighted by Gasteiger charge is 2.42. The lowest BCUT2D eigenvalue weighted by atomic mass is 10.0. The van der Waals surface area contributed by atoms with Gasteiger partial charge in [0.25, 0.3) is 0 Å². The summed E-state index contributed by atoms with van der Waals surface area (Å²) in [4.78, 5) is 31.2. The average Bonchev–Trinajstić information content (AvgIpc) is 3.68. The van der Waals surface area contributed by atoms with Gasteiger partial charge in [-0.3, -0.25) is 9.59 Å². The average molecular weight is 425 g/mol. The number of hydrogen-bond acceptors (Lipinski definition) is 4. The number of nitrogens with zero attached hydrogens (tertiary/aromatic N) is 2. The summed E-state index contributed by atoms with van der Waals surface area (Å²) in [5, 5.41) is 2.10. The highest BCUT2D eigenvalue weighted by Crippen LogP contribution is 2.37. The number of carbonyl (C=O) groups excluding carboxylic acids is 2. The number of fused-ring (bicyclic) bond motifs is 1. The molecule has 2 amide bonds. The van der Waals surface area contributed by atoms with Crippen LogP contribution in [-0.4, -0.2) is 47.4 Å². The van der Waals surface area contributed by atoms with E-state index < -0.39 is 0 Å². The molecule has 0 bridgehead atoms. The van der Waals surface area contributed by atoms with Crippen molar-refractivity contribution in [1.82, 2.24) is 9.80 Å². The molecule has 5 nitrogen and oxygen atoms in total. The molecule has 2 aromatic rings. The molecule has 0 N–H and O–H groups in total. The number of amides is 2. The molecule has 1 unspecified atom stereocenters. The van der Waals surface area contributed by atoms with Crippen molar-refractivity contribution in [2.45, 2.75) is 51.1 Å². The standard InChI is InChI=1S/C24H28N2O3S/c1-16-2-8-19(9-3-16)29-15-21-20-11-13-30-22(20)10-12-25(21)23(27)14-26(18-6-7-18)24(28)17-4-5-17/h2-3,8-9,11,13,17-18,21H,4-7,10,12,14-15H2,1H3. The van der Waals surface area contributed by atoms with Crippen LogP contribution >= 0.6 is 11.3 Å². The van der Waals surface area contributed by atoms with E-state index in [0.717, 1.165) is 37.9 Å². The summed E-state index contributed by atoms with van der Waals surface area (Å²) in [6.45, 7) is 3.38. The van der Waals surface area contributed by atoms with Crippen molar-refractivity contribution >= 4 is 23.2 Å². The minimum atomic E-state index is -0.106. The lowest BCUT2D eigenvalue weighted by Crippen LogP contribution is -2.48. The van der Waals surface area contributed by atoms with Crippen molar-refractivity contribution in [3.63, 3.8) is 0 Å². The predicted octanol–water partition coefficient (Wildman–Crippen LogP) is 3.96.